The maximum absolute atomic E-state index is 7.01. The van der Waals surface area contributed by atoms with Crippen molar-refractivity contribution in [2.45, 2.75) is 0 Å². The zero-order valence-corrected chi connectivity index (χ0v) is 31.8. The van der Waals surface area contributed by atoms with Crippen LogP contribution < -0.4 is 20.3 Å². The minimum absolute atomic E-state index is 0.297. The smallest absolute Gasteiger partial charge is 0.434 e. The second kappa shape index (κ2) is 12.4. The Balaban J connectivity index is 0.939. The van der Waals surface area contributed by atoms with Crippen molar-refractivity contribution in [2.24, 2.45) is 0 Å². The standard InChI is InChI=1S/C54H33BN2O2/c1-6-22-47-40(17-1)41-18-2-7-23-48(41)56(47)38-15-11-13-34(29-38)36-27-28-46-52(32-36)58-53-33-37(31-45-44-21-5-10-26-51(44)59-55(46)54(45)53)35-14-12-16-39(30-35)57-49-24-8-3-19-42(49)43-20-4-9-25-50(43)57/h1-33H. The van der Waals surface area contributed by atoms with Crippen LogP contribution >= 0.6 is 0 Å². The number of nitrogens with zero attached hydrogens (tertiary/aromatic N) is 2. The highest BCUT2D eigenvalue weighted by Crippen LogP contribution is 2.43. The normalized spacial score (nSPS) is 12.6. The highest BCUT2D eigenvalue weighted by Gasteiger charge is 2.41. The number of ether oxygens (including phenoxy) is 1. The molecule has 0 spiro atoms. The second-order valence-corrected chi connectivity index (χ2v) is 15.6. The van der Waals surface area contributed by atoms with E-state index in [1.807, 2.05) is 0 Å². The molecule has 274 valence electrons. The van der Waals surface area contributed by atoms with Gasteiger partial charge in [0.05, 0.1) is 22.1 Å². The van der Waals surface area contributed by atoms with E-state index in [1.165, 1.54) is 43.6 Å². The first kappa shape index (κ1) is 32.3. The van der Waals surface area contributed by atoms with Crippen molar-refractivity contribution in [3.05, 3.63) is 200 Å². The molecule has 4 nitrogen and oxygen atoms in total. The number of fused-ring (bicyclic) bond motifs is 10. The Kier molecular flexibility index (Phi) is 6.78. The summed E-state index contributed by atoms with van der Waals surface area (Å²) >= 11 is 0. The lowest BCUT2D eigenvalue weighted by molar-refractivity contribution is 0.480. The molecule has 0 radical (unpaired) electrons. The quantitative estimate of drug-likeness (QED) is 0.168. The molecule has 9 aromatic carbocycles. The topological polar surface area (TPSA) is 28.3 Å². The summed E-state index contributed by atoms with van der Waals surface area (Å²) in [6, 6.07) is 71.8. The Labute approximate surface area is 340 Å². The Bertz CT molecular complexity index is 3430. The monoisotopic (exact) mass is 752 g/mol. The molecule has 2 aromatic heterocycles. The molecule has 11 aromatic rings. The lowest BCUT2D eigenvalue weighted by Crippen LogP contribution is -2.53. The fourth-order valence-electron chi connectivity index (χ4n) is 9.76. The predicted molar refractivity (Wildman–Crippen MR) is 244 cm³/mol. The van der Waals surface area contributed by atoms with Crippen LogP contribution in [-0.4, -0.2) is 16.0 Å². The molecule has 0 saturated carbocycles. The molecule has 0 amide bonds. The summed E-state index contributed by atoms with van der Waals surface area (Å²) in [6.07, 6.45) is 0. The molecular weight excluding hydrogens is 719 g/mol. The Morgan fingerprint density at radius 3 is 1.42 bits per heavy atom. The van der Waals surface area contributed by atoms with Gasteiger partial charge in [-0.2, -0.15) is 0 Å². The predicted octanol–water partition coefficient (Wildman–Crippen LogP) is 12.5. The zero-order chi connectivity index (χ0) is 38.6. The second-order valence-electron chi connectivity index (χ2n) is 15.6. The van der Waals surface area contributed by atoms with Crippen molar-refractivity contribution in [1.82, 2.24) is 9.13 Å². The van der Waals surface area contributed by atoms with Crippen molar-refractivity contribution in [2.75, 3.05) is 0 Å². The fraction of sp³-hybridized carbons (Fsp3) is 0. The Hall–Kier alpha value is -7.76. The molecule has 5 heteroatoms. The number of rotatable bonds is 4. The lowest BCUT2D eigenvalue weighted by atomic mass is 9.50. The van der Waals surface area contributed by atoms with E-state index >= 15 is 0 Å². The van der Waals surface area contributed by atoms with Crippen molar-refractivity contribution in [3.63, 3.8) is 0 Å². The van der Waals surface area contributed by atoms with Crippen LogP contribution in [0.3, 0.4) is 0 Å². The number of hydrogen-bond acceptors (Lipinski definition) is 2. The van der Waals surface area contributed by atoms with Crippen molar-refractivity contribution >= 4 is 61.5 Å². The highest BCUT2D eigenvalue weighted by molar-refractivity contribution is 6.84. The van der Waals surface area contributed by atoms with Crippen LogP contribution in [0.1, 0.15) is 0 Å². The van der Waals surface area contributed by atoms with Gasteiger partial charge < -0.3 is 18.5 Å². The number of hydrogen-bond donors (Lipinski definition) is 0. The van der Waals surface area contributed by atoms with E-state index in [1.54, 1.807) is 0 Å². The van der Waals surface area contributed by atoms with Gasteiger partial charge in [0, 0.05) is 49.4 Å². The summed E-state index contributed by atoms with van der Waals surface area (Å²) < 4.78 is 18.6. The number of aromatic nitrogens is 2. The SMILES string of the molecule is c1cc(-c2ccc3c(c2)Oc2cc(-c4cccc(-n5c6ccccc6c6ccccc65)c4)cc4c2B3Oc2ccccc2-4)cc(-n2c3ccccc3c3ccccc32)c1. The Morgan fingerprint density at radius 1 is 0.339 bits per heavy atom. The molecule has 0 saturated heterocycles. The third-order valence-electron chi connectivity index (χ3n) is 12.4. The molecule has 4 heterocycles. The molecule has 2 aliphatic heterocycles. The number of benzene rings is 9. The van der Waals surface area contributed by atoms with Gasteiger partial charge in [-0.05, 0) is 101 Å². The lowest BCUT2D eigenvalue weighted by Gasteiger charge is -2.33. The van der Waals surface area contributed by atoms with Gasteiger partial charge in [-0.1, -0.05) is 127 Å². The van der Waals surface area contributed by atoms with Crippen molar-refractivity contribution in [1.29, 1.82) is 0 Å². The summed E-state index contributed by atoms with van der Waals surface area (Å²) in [5, 5.41) is 5.00. The summed E-state index contributed by atoms with van der Waals surface area (Å²) in [6.45, 7) is -0.297. The van der Waals surface area contributed by atoms with Gasteiger partial charge in [-0.3, -0.25) is 0 Å². The van der Waals surface area contributed by atoms with Gasteiger partial charge in [-0.15, -0.1) is 0 Å². The van der Waals surface area contributed by atoms with Crippen LogP contribution in [0.4, 0.5) is 0 Å². The largest absolute Gasteiger partial charge is 0.551 e. The number of para-hydroxylation sites is 5. The average molecular weight is 753 g/mol. The van der Waals surface area contributed by atoms with Gasteiger partial charge in [0.25, 0.3) is 0 Å². The summed E-state index contributed by atoms with van der Waals surface area (Å²) in [4.78, 5) is 0. The van der Waals surface area contributed by atoms with E-state index in [0.717, 1.165) is 72.9 Å². The first-order chi connectivity index (χ1) is 29.2. The van der Waals surface area contributed by atoms with E-state index < -0.39 is 0 Å². The molecule has 0 atom stereocenters. The molecule has 2 aliphatic rings. The molecular formula is C54H33BN2O2. The molecule has 59 heavy (non-hydrogen) atoms. The fourth-order valence-corrected chi connectivity index (χ4v) is 9.76. The third kappa shape index (κ3) is 4.79. The maximum atomic E-state index is 7.01. The van der Waals surface area contributed by atoms with Gasteiger partial charge in [-0.25, -0.2) is 0 Å². The first-order valence-electron chi connectivity index (χ1n) is 20.2. The van der Waals surface area contributed by atoms with E-state index in [-0.39, 0.29) is 6.92 Å². The minimum Gasteiger partial charge on any atom is -0.551 e. The minimum atomic E-state index is -0.297. The van der Waals surface area contributed by atoms with Crippen LogP contribution in [0.2, 0.25) is 0 Å². The van der Waals surface area contributed by atoms with Crippen LogP contribution in [0.5, 0.6) is 17.2 Å². The van der Waals surface area contributed by atoms with E-state index in [4.69, 9.17) is 9.39 Å². The van der Waals surface area contributed by atoms with Gasteiger partial charge in [0.15, 0.2) is 0 Å². The molecule has 0 bridgehead atoms. The molecule has 0 fully saturated rings. The first-order valence-corrected chi connectivity index (χ1v) is 20.2. The van der Waals surface area contributed by atoms with E-state index in [0.29, 0.717) is 0 Å². The summed E-state index contributed by atoms with van der Waals surface area (Å²) in [5.41, 5.74) is 15.7. The van der Waals surface area contributed by atoms with Gasteiger partial charge in [0.1, 0.15) is 17.2 Å². The van der Waals surface area contributed by atoms with Crippen LogP contribution in [0.15, 0.2) is 200 Å². The van der Waals surface area contributed by atoms with Crippen molar-refractivity contribution < 1.29 is 9.39 Å². The van der Waals surface area contributed by atoms with Crippen LogP contribution in [-0.2, 0) is 0 Å². The third-order valence-corrected chi connectivity index (χ3v) is 12.4. The van der Waals surface area contributed by atoms with Gasteiger partial charge in [0.2, 0.25) is 0 Å². The summed E-state index contributed by atoms with van der Waals surface area (Å²) in [5.74, 6) is 2.51. The van der Waals surface area contributed by atoms with Gasteiger partial charge >= 0.3 is 6.92 Å². The van der Waals surface area contributed by atoms with Crippen molar-refractivity contribution in [3.8, 4) is 62.0 Å². The zero-order valence-electron chi connectivity index (χ0n) is 31.8. The molecule has 13 rings (SSSR count). The Morgan fingerprint density at radius 2 is 0.831 bits per heavy atom. The molecule has 0 unspecified atom stereocenters. The van der Waals surface area contributed by atoms with E-state index in [2.05, 4.69) is 209 Å². The van der Waals surface area contributed by atoms with Crippen LogP contribution in [0.25, 0.3) is 88.4 Å². The molecule has 0 N–H and O–H groups in total. The average Bonchev–Trinajstić information content (AvgIpc) is 3.82. The highest BCUT2D eigenvalue weighted by atomic mass is 16.5. The summed E-state index contributed by atoms with van der Waals surface area (Å²) in [7, 11) is 0. The van der Waals surface area contributed by atoms with Crippen LogP contribution in [0, 0.1) is 0 Å². The molecule has 0 aliphatic carbocycles. The van der Waals surface area contributed by atoms with E-state index in [9.17, 15) is 0 Å². The maximum Gasteiger partial charge on any atom is 0.434 e.